The summed E-state index contributed by atoms with van der Waals surface area (Å²) in [6, 6.07) is 8.28. The van der Waals surface area contributed by atoms with Crippen LogP contribution in [0.4, 0.5) is 0 Å². The van der Waals surface area contributed by atoms with Gasteiger partial charge in [0, 0.05) is 28.7 Å². The van der Waals surface area contributed by atoms with Crippen molar-refractivity contribution < 1.29 is 4.79 Å². The van der Waals surface area contributed by atoms with E-state index in [4.69, 9.17) is 0 Å². The maximum Gasteiger partial charge on any atom is 0.255 e. The van der Waals surface area contributed by atoms with Crippen LogP contribution in [0.3, 0.4) is 0 Å². The van der Waals surface area contributed by atoms with Crippen LogP contribution in [0, 0.1) is 3.57 Å². The Morgan fingerprint density at radius 1 is 1.29 bits per heavy atom. The van der Waals surface area contributed by atoms with Crippen molar-refractivity contribution in [3.05, 3.63) is 33.4 Å². The van der Waals surface area contributed by atoms with E-state index in [0.717, 1.165) is 22.2 Å². The van der Waals surface area contributed by atoms with Crippen LogP contribution in [0.15, 0.2) is 24.3 Å². The fourth-order valence-electron chi connectivity index (χ4n) is 2.31. The van der Waals surface area contributed by atoms with Crippen LogP contribution in [0.1, 0.15) is 24.2 Å². The molecule has 3 nitrogen and oxygen atoms in total. The molecule has 0 aliphatic carbocycles. The van der Waals surface area contributed by atoms with Gasteiger partial charge in [0.25, 0.3) is 5.91 Å². The molecule has 1 fully saturated rings. The molecule has 92 valence electrons. The highest BCUT2D eigenvalue weighted by atomic mass is 127. The highest BCUT2D eigenvalue weighted by molar-refractivity contribution is 14.1. The molecule has 1 aromatic carbocycles. The van der Waals surface area contributed by atoms with Crippen molar-refractivity contribution in [3.8, 4) is 0 Å². The summed E-state index contributed by atoms with van der Waals surface area (Å²) in [4.78, 5) is 14.5. The molecule has 4 heteroatoms. The van der Waals surface area contributed by atoms with Gasteiger partial charge in [-0.25, -0.2) is 0 Å². The van der Waals surface area contributed by atoms with Crippen LogP contribution >= 0.6 is 22.6 Å². The predicted octanol–water partition coefficient (Wildman–Crippen LogP) is 2.11. The lowest BCUT2D eigenvalue weighted by Crippen LogP contribution is -2.57. The summed E-state index contributed by atoms with van der Waals surface area (Å²) < 4.78 is 1.02. The molecule has 0 saturated carbocycles. The van der Waals surface area contributed by atoms with Crippen LogP contribution < -0.4 is 5.32 Å². The molecule has 1 aliphatic heterocycles. The number of rotatable bonds is 1. The second kappa shape index (κ2) is 5.35. The largest absolute Gasteiger partial charge is 0.331 e. The highest BCUT2D eigenvalue weighted by Crippen LogP contribution is 2.18. The molecule has 1 aliphatic rings. The summed E-state index contributed by atoms with van der Waals surface area (Å²) >= 11 is 2.22. The number of hydrogen-bond acceptors (Lipinski definition) is 2. The first kappa shape index (κ1) is 12.8. The lowest BCUT2D eigenvalue weighted by atomic mass is 10.1. The SMILES string of the molecule is CC1CNCC(C)N1C(=O)c1ccccc1I. The standard InChI is InChI=1S/C13H17IN2O/c1-9-7-15-8-10(2)16(9)13(17)11-5-3-4-6-12(11)14/h3-6,9-10,15H,7-8H2,1-2H3. The third-order valence-corrected chi connectivity index (χ3v) is 4.11. The Hall–Kier alpha value is -0.620. The van der Waals surface area contributed by atoms with E-state index in [-0.39, 0.29) is 18.0 Å². The molecule has 2 atom stereocenters. The number of nitrogens with zero attached hydrogens (tertiary/aromatic N) is 1. The monoisotopic (exact) mass is 344 g/mol. The topological polar surface area (TPSA) is 32.3 Å². The molecule has 1 heterocycles. The maximum atomic E-state index is 12.5. The van der Waals surface area contributed by atoms with Crippen molar-refractivity contribution in [2.24, 2.45) is 0 Å². The predicted molar refractivity (Wildman–Crippen MR) is 77.1 cm³/mol. The third kappa shape index (κ3) is 2.63. The number of carbonyl (C=O) groups is 1. The molecule has 0 aromatic heterocycles. The number of nitrogens with one attached hydrogen (secondary N) is 1. The second-order valence-corrected chi connectivity index (χ2v) is 5.71. The molecule has 1 amide bonds. The minimum absolute atomic E-state index is 0.150. The average molecular weight is 344 g/mol. The van der Waals surface area contributed by atoms with Crippen molar-refractivity contribution in [1.29, 1.82) is 0 Å². The number of carbonyl (C=O) groups excluding carboxylic acids is 1. The molecule has 1 aromatic rings. The third-order valence-electron chi connectivity index (χ3n) is 3.17. The maximum absolute atomic E-state index is 12.5. The molecule has 0 spiro atoms. The fraction of sp³-hybridized carbons (Fsp3) is 0.462. The van der Waals surface area contributed by atoms with Crippen molar-refractivity contribution in [3.63, 3.8) is 0 Å². The minimum atomic E-state index is 0.150. The Labute approximate surface area is 116 Å². The van der Waals surface area contributed by atoms with Gasteiger partial charge in [-0.2, -0.15) is 0 Å². The Bertz CT molecular complexity index is 412. The number of halogens is 1. The van der Waals surface area contributed by atoms with Crippen LogP contribution in [0.25, 0.3) is 0 Å². The van der Waals surface area contributed by atoms with Crippen LogP contribution in [0.5, 0.6) is 0 Å². The first-order valence-electron chi connectivity index (χ1n) is 5.89. The Morgan fingerprint density at radius 2 is 1.88 bits per heavy atom. The Morgan fingerprint density at radius 3 is 2.47 bits per heavy atom. The highest BCUT2D eigenvalue weighted by Gasteiger charge is 2.30. The first-order valence-corrected chi connectivity index (χ1v) is 6.97. The zero-order chi connectivity index (χ0) is 12.4. The van der Waals surface area contributed by atoms with E-state index in [1.807, 2.05) is 29.2 Å². The first-order chi connectivity index (χ1) is 8.11. The van der Waals surface area contributed by atoms with Crippen LogP contribution in [-0.2, 0) is 0 Å². The van der Waals surface area contributed by atoms with Gasteiger partial charge in [0.05, 0.1) is 5.56 Å². The molecule has 0 bridgehead atoms. The molecule has 1 saturated heterocycles. The fourth-order valence-corrected chi connectivity index (χ4v) is 2.92. The van der Waals surface area contributed by atoms with Gasteiger partial charge in [-0.1, -0.05) is 12.1 Å². The van der Waals surface area contributed by atoms with Crippen molar-refractivity contribution in [2.75, 3.05) is 13.1 Å². The zero-order valence-corrected chi connectivity index (χ0v) is 12.3. The smallest absolute Gasteiger partial charge is 0.255 e. The summed E-state index contributed by atoms with van der Waals surface area (Å²) in [7, 11) is 0. The van der Waals surface area contributed by atoms with Crippen molar-refractivity contribution >= 4 is 28.5 Å². The summed E-state index contributed by atoms with van der Waals surface area (Å²) in [5, 5.41) is 3.34. The quantitative estimate of drug-likeness (QED) is 0.792. The van der Waals surface area contributed by atoms with Gasteiger partial charge in [0.2, 0.25) is 0 Å². The second-order valence-electron chi connectivity index (χ2n) is 4.55. The van der Waals surface area contributed by atoms with Gasteiger partial charge in [0.15, 0.2) is 0 Å². The van der Waals surface area contributed by atoms with E-state index >= 15 is 0 Å². The molecule has 2 unspecified atom stereocenters. The summed E-state index contributed by atoms with van der Waals surface area (Å²) in [6.45, 7) is 5.94. The van der Waals surface area contributed by atoms with E-state index < -0.39 is 0 Å². The number of benzene rings is 1. The zero-order valence-electron chi connectivity index (χ0n) is 10.1. The van der Waals surface area contributed by atoms with Gasteiger partial charge in [-0.05, 0) is 48.6 Å². The lowest BCUT2D eigenvalue weighted by Gasteiger charge is -2.39. The van der Waals surface area contributed by atoms with E-state index in [9.17, 15) is 4.79 Å². The number of hydrogen-bond donors (Lipinski definition) is 1. The van der Waals surface area contributed by atoms with Crippen molar-refractivity contribution in [1.82, 2.24) is 10.2 Å². The van der Waals surface area contributed by atoms with Gasteiger partial charge in [-0.15, -0.1) is 0 Å². The van der Waals surface area contributed by atoms with Gasteiger partial charge in [0.1, 0.15) is 0 Å². The van der Waals surface area contributed by atoms with E-state index in [1.54, 1.807) is 0 Å². The van der Waals surface area contributed by atoms with Crippen LogP contribution in [0.2, 0.25) is 0 Å². The summed E-state index contributed by atoms with van der Waals surface area (Å²) in [5.41, 5.74) is 0.814. The van der Waals surface area contributed by atoms with Gasteiger partial charge in [-0.3, -0.25) is 4.79 Å². The van der Waals surface area contributed by atoms with Crippen LogP contribution in [-0.4, -0.2) is 36.0 Å². The molecule has 1 N–H and O–H groups in total. The average Bonchev–Trinajstić information content (AvgIpc) is 2.29. The van der Waals surface area contributed by atoms with Gasteiger partial charge < -0.3 is 10.2 Å². The van der Waals surface area contributed by atoms with Crippen molar-refractivity contribution in [2.45, 2.75) is 25.9 Å². The Kier molecular flexibility index (Phi) is 4.04. The van der Waals surface area contributed by atoms with E-state index in [2.05, 4.69) is 41.8 Å². The molecular formula is C13H17IN2O. The lowest BCUT2D eigenvalue weighted by molar-refractivity contribution is 0.0543. The van der Waals surface area contributed by atoms with E-state index in [0.29, 0.717) is 0 Å². The normalized spacial score (nSPS) is 24.8. The molecule has 0 radical (unpaired) electrons. The minimum Gasteiger partial charge on any atom is -0.331 e. The molecule has 17 heavy (non-hydrogen) atoms. The summed E-state index contributed by atoms with van der Waals surface area (Å²) in [5.74, 6) is 0.150. The number of piperazine rings is 1. The summed E-state index contributed by atoms with van der Waals surface area (Å²) in [6.07, 6.45) is 0. The van der Waals surface area contributed by atoms with E-state index in [1.165, 1.54) is 0 Å². The Balaban J connectivity index is 2.27. The molecular weight excluding hydrogens is 327 g/mol. The van der Waals surface area contributed by atoms with Gasteiger partial charge >= 0.3 is 0 Å². The molecule has 2 rings (SSSR count). The number of amides is 1.